The number of halogens is 2. The number of rotatable bonds is 5. The van der Waals surface area contributed by atoms with E-state index in [9.17, 15) is 4.79 Å². The maximum atomic E-state index is 13.2. The maximum absolute atomic E-state index is 13.2. The van der Waals surface area contributed by atoms with E-state index in [1.165, 1.54) is 19.3 Å². The highest BCUT2D eigenvalue weighted by atomic mass is 79.9. The molecule has 2 aromatic rings. The molecule has 1 amide bonds. The SMILES string of the molecule is CN(C(=O)c1ccn(COc2ccc(Br)cc2Cl)n1)C12CC3CC(CC(C3)C1)C2. The molecular weight excluding hydrogens is 454 g/mol. The Bertz CT molecular complexity index is 909. The molecule has 4 saturated carbocycles. The molecule has 1 aromatic heterocycles. The minimum absolute atomic E-state index is 0.0207. The second-order valence-corrected chi connectivity index (χ2v) is 10.4. The molecule has 0 spiro atoms. The number of ether oxygens (including phenoxy) is 1. The molecule has 154 valence electrons. The lowest BCUT2D eigenvalue weighted by Crippen LogP contribution is -2.60. The van der Waals surface area contributed by atoms with E-state index in [4.69, 9.17) is 16.3 Å². The van der Waals surface area contributed by atoms with Gasteiger partial charge in [-0.05, 0) is 80.5 Å². The number of carbonyl (C=O) groups excluding carboxylic acids is 1. The second kappa shape index (κ2) is 7.31. The van der Waals surface area contributed by atoms with E-state index in [0.717, 1.165) is 41.5 Å². The van der Waals surface area contributed by atoms with Gasteiger partial charge in [0.05, 0.1) is 5.02 Å². The lowest BCUT2D eigenvalue weighted by atomic mass is 9.52. The van der Waals surface area contributed by atoms with Crippen molar-refractivity contribution in [3.05, 3.63) is 45.7 Å². The highest BCUT2D eigenvalue weighted by molar-refractivity contribution is 9.10. The van der Waals surface area contributed by atoms with E-state index in [2.05, 4.69) is 21.0 Å². The third-order valence-corrected chi connectivity index (χ3v) is 7.92. The third kappa shape index (κ3) is 3.59. The van der Waals surface area contributed by atoms with Crippen molar-refractivity contribution in [2.24, 2.45) is 17.8 Å². The van der Waals surface area contributed by atoms with Crippen LogP contribution < -0.4 is 4.74 Å². The zero-order chi connectivity index (χ0) is 20.2. The minimum Gasteiger partial charge on any atom is -0.470 e. The number of carbonyl (C=O) groups is 1. The van der Waals surface area contributed by atoms with Crippen LogP contribution in [0.3, 0.4) is 0 Å². The first-order valence-electron chi connectivity index (χ1n) is 10.3. The summed E-state index contributed by atoms with van der Waals surface area (Å²) in [6.45, 7) is 0.204. The molecule has 0 unspecified atom stereocenters. The van der Waals surface area contributed by atoms with E-state index >= 15 is 0 Å². The van der Waals surface area contributed by atoms with Crippen LogP contribution in [0.15, 0.2) is 34.9 Å². The van der Waals surface area contributed by atoms with E-state index < -0.39 is 0 Å². The molecule has 29 heavy (non-hydrogen) atoms. The Morgan fingerprint density at radius 2 is 1.90 bits per heavy atom. The van der Waals surface area contributed by atoms with Crippen molar-refractivity contribution in [1.29, 1.82) is 0 Å². The van der Waals surface area contributed by atoms with Crippen LogP contribution in [0.25, 0.3) is 0 Å². The first kappa shape index (κ1) is 19.4. The van der Waals surface area contributed by atoms with Crippen LogP contribution in [-0.4, -0.2) is 33.2 Å². The monoisotopic (exact) mass is 477 g/mol. The van der Waals surface area contributed by atoms with Crippen molar-refractivity contribution < 1.29 is 9.53 Å². The quantitative estimate of drug-likeness (QED) is 0.580. The van der Waals surface area contributed by atoms with Crippen LogP contribution in [0.4, 0.5) is 0 Å². The van der Waals surface area contributed by atoms with Crippen molar-refractivity contribution in [3.63, 3.8) is 0 Å². The fourth-order valence-corrected chi connectivity index (χ4v) is 6.87. The summed E-state index contributed by atoms with van der Waals surface area (Å²) in [4.78, 5) is 15.2. The van der Waals surface area contributed by atoms with Gasteiger partial charge in [-0.25, -0.2) is 4.68 Å². The fraction of sp³-hybridized carbons (Fsp3) is 0.545. The molecule has 0 aliphatic heterocycles. The molecule has 0 radical (unpaired) electrons. The van der Waals surface area contributed by atoms with Gasteiger partial charge in [-0.2, -0.15) is 5.10 Å². The Labute approximate surface area is 184 Å². The highest BCUT2D eigenvalue weighted by Crippen LogP contribution is 2.57. The zero-order valence-electron chi connectivity index (χ0n) is 16.5. The summed E-state index contributed by atoms with van der Waals surface area (Å²) in [6, 6.07) is 7.25. The Kier molecular flexibility index (Phi) is 4.90. The Hall–Kier alpha value is -1.53. The summed E-state index contributed by atoms with van der Waals surface area (Å²) in [6.07, 6.45) is 9.37. The summed E-state index contributed by atoms with van der Waals surface area (Å²) in [5.74, 6) is 3.02. The molecule has 4 fully saturated rings. The van der Waals surface area contributed by atoms with Gasteiger partial charge >= 0.3 is 0 Å². The van der Waals surface area contributed by atoms with Crippen LogP contribution in [0, 0.1) is 17.8 Å². The summed E-state index contributed by atoms with van der Waals surface area (Å²) in [5.41, 5.74) is 0.519. The van der Waals surface area contributed by atoms with Gasteiger partial charge in [-0.3, -0.25) is 4.79 Å². The van der Waals surface area contributed by atoms with Gasteiger partial charge in [0.1, 0.15) is 5.75 Å². The second-order valence-electron chi connectivity index (χ2n) is 9.09. The summed E-state index contributed by atoms with van der Waals surface area (Å²) < 4.78 is 8.29. The highest BCUT2D eigenvalue weighted by Gasteiger charge is 2.53. The first-order chi connectivity index (χ1) is 13.9. The van der Waals surface area contributed by atoms with E-state index in [0.29, 0.717) is 16.5 Å². The first-order valence-corrected chi connectivity index (χ1v) is 11.5. The lowest BCUT2D eigenvalue weighted by molar-refractivity contribution is -0.0667. The summed E-state index contributed by atoms with van der Waals surface area (Å²) in [7, 11) is 1.98. The molecule has 4 aliphatic carbocycles. The molecule has 4 bridgehead atoms. The average molecular weight is 479 g/mol. The van der Waals surface area contributed by atoms with E-state index in [1.54, 1.807) is 23.0 Å². The van der Waals surface area contributed by atoms with Crippen molar-refractivity contribution in [2.45, 2.75) is 50.8 Å². The summed E-state index contributed by atoms with van der Waals surface area (Å²) >= 11 is 9.58. The van der Waals surface area contributed by atoms with Gasteiger partial charge in [0, 0.05) is 23.3 Å². The van der Waals surface area contributed by atoms with Crippen LogP contribution in [0.2, 0.25) is 5.02 Å². The molecule has 6 rings (SSSR count). The number of hydrogen-bond donors (Lipinski definition) is 0. The van der Waals surface area contributed by atoms with Crippen molar-refractivity contribution in [3.8, 4) is 5.75 Å². The molecule has 4 aliphatic rings. The van der Waals surface area contributed by atoms with Crippen molar-refractivity contribution in [1.82, 2.24) is 14.7 Å². The Morgan fingerprint density at radius 1 is 1.24 bits per heavy atom. The Balaban J connectivity index is 1.27. The minimum atomic E-state index is 0.0207. The van der Waals surface area contributed by atoms with E-state index in [-0.39, 0.29) is 18.2 Å². The molecule has 0 N–H and O–H groups in total. The smallest absolute Gasteiger partial charge is 0.274 e. The molecule has 1 heterocycles. The number of nitrogens with zero attached hydrogens (tertiary/aromatic N) is 3. The normalized spacial score (nSPS) is 29.8. The topological polar surface area (TPSA) is 47.4 Å². The molecular formula is C22H25BrClN3O2. The zero-order valence-corrected chi connectivity index (χ0v) is 18.8. The number of amides is 1. The molecule has 0 saturated heterocycles. The Morgan fingerprint density at radius 3 is 2.52 bits per heavy atom. The number of aromatic nitrogens is 2. The van der Waals surface area contributed by atoms with Gasteiger partial charge in [-0.15, -0.1) is 0 Å². The average Bonchev–Trinajstić information content (AvgIpc) is 3.14. The van der Waals surface area contributed by atoms with Crippen molar-refractivity contribution in [2.75, 3.05) is 7.05 Å². The molecule has 0 atom stereocenters. The largest absolute Gasteiger partial charge is 0.470 e. The number of hydrogen-bond acceptors (Lipinski definition) is 3. The summed E-state index contributed by atoms with van der Waals surface area (Å²) in [5, 5.41) is 5.00. The lowest BCUT2D eigenvalue weighted by Gasteiger charge is -2.59. The predicted octanol–water partition coefficient (Wildman–Crippen LogP) is 5.38. The van der Waals surface area contributed by atoms with Crippen LogP contribution in [0.5, 0.6) is 5.75 Å². The van der Waals surface area contributed by atoms with Crippen molar-refractivity contribution >= 4 is 33.4 Å². The number of benzene rings is 1. The van der Waals surface area contributed by atoms with Gasteiger partial charge in [-0.1, -0.05) is 27.5 Å². The molecule has 5 nitrogen and oxygen atoms in total. The van der Waals surface area contributed by atoms with Gasteiger partial charge < -0.3 is 9.64 Å². The molecule has 1 aromatic carbocycles. The van der Waals surface area contributed by atoms with Crippen LogP contribution >= 0.6 is 27.5 Å². The van der Waals surface area contributed by atoms with Crippen LogP contribution in [-0.2, 0) is 6.73 Å². The standard InChI is InChI=1S/C22H25BrClN3O2/c1-26(22-10-14-6-15(11-22)8-16(7-14)12-22)21(28)19-4-5-27(25-19)13-29-20-3-2-17(23)9-18(20)24/h2-5,9,14-16H,6-8,10-13H2,1H3. The van der Waals surface area contributed by atoms with Crippen LogP contribution in [0.1, 0.15) is 49.0 Å². The van der Waals surface area contributed by atoms with Gasteiger partial charge in [0.15, 0.2) is 12.4 Å². The van der Waals surface area contributed by atoms with E-state index in [1.807, 2.05) is 24.1 Å². The maximum Gasteiger partial charge on any atom is 0.274 e. The molecule has 7 heteroatoms. The third-order valence-electron chi connectivity index (χ3n) is 7.13. The predicted molar refractivity (Wildman–Crippen MR) is 115 cm³/mol. The van der Waals surface area contributed by atoms with Gasteiger partial charge in [0.25, 0.3) is 5.91 Å². The van der Waals surface area contributed by atoms with Gasteiger partial charge in [0.2, 0.25) is 0 Å². The fourth-order valence-electron chi connectivity index (χ4n) is 6.14.